The molecule has 0 spiro atoms. The van der Waals surface area contributed by atoms with E-state index in [2.05, 4.69) is 4.98 Å². The molecule has 2 heterocycles. The van der Waals surface area contributed by atoms with Crippen molar-refractivity contribution < 1.29 is 19.4 Å². The van der Waals surface area contributed by atoms with Gasteiger partial charge in [-0.05, 0) is 12.1 Å². The molecule has 1 aromatic heterocycles. The molecule has 5 nitrogen and oxygen atoms in total. The molecule has 1 aliphatic rings. The lowest BCUT2D eigenvalue weighted by Crippen LogP contribution is -2.31. The Hall–Kier alpha value is -1.08. The van der Waals surface area contributed by atoms with Crippen molar-refractivity contribution in [3.05, 3.63) is 24.3 Å². The number of benzene rings is 1. The monoisotopic (exact) mass is 267 g/mol. The summed E-state index contributed by atoms with van der Waals surface area (Å²) in [5, 5.41) is 19.5. The fourth-order valence-electron chi connectivity index (χ4n) is 1.88. The molecule has 0 bridgehead atoms. The summed E-state index contributed by atoms with van der Waals surface area (Å²) >= 11 is 1.38. The molecule has 3 rings (SSSR count). The summed E-state index contributed by atoms with van der Waals surface area (Å²) in [5.41, 5.74) is 1.56. The van der Waals surface area contributed by atoms with Crippen LogP contribution in [0.25, 0.3) is 11.1 Å². The highest BCUT2D eigenvalue weighted by Crippen LogP contribution is 2.26. The first-order valence-electron chi connectivity index (χ1n) is 5.70. The van der Waals surface area contributed by atoms with Gasteiger partial charge in [-0.2, -0.15) is 0 Å². The lowest BCUT2D eigenvalue weighted by molar-refractivity contribution is 0.0336. The summed E-state index contributed by atoms with van der Waals surface area (Å²) in [7, 11) is 0. The lowest BCUT2D eigenvalue weighted by Gasteiger charge is -2.12. The van der Waals surface area contributed by atoms with Crippen molar-refractivity contribution in [3.8, 4) is 0 Å². The largest absolute Gasteiger partial charge is 0.431 e. The fourth-order valence-corrected chi connectivity index (χ4v) is 2.79. The number of aliphatic hydroxyl groups excluding tert-OH is 2. The van der Waals surface area contributed by atoms with Gasteiger partial charge in [0.2, 0.25) is 0 Å². The molecule has 0 amide bonds. The van der Waals surface area contributed by atoms with Crippen molar-refractivity contribution >= 4 is 22.9 Å². The van der Waals surface area contributed by atoms with Gasteiger partial charge in [0.25, 0.3) is 5.22 Å². The van der Waals surface area contributed by atoms with Gasteiger partial charge in [0, 0.05) is 5.75 Å². The number of ether oxygens (including phenoxy) is 1. The summed E-state index contributed by atoms with van der Waals surface area (Å²) in [4.78, 5) is 4.31. The maximum atomic E-state index is 9.64. The summed E-state index contributed by atoms with van der Waals surface area (Å²) in [6.45, 7) is 0.181. The van der Waals surface area contributed by atoms with Gasteiger partial charge in [0.15, 0.2) is 5.58 Å². The van der Waals surface area contributed by atoms with E-state index in [0.717, 1.165) is 11.1 Å². The van der Waals surface area contributed by atoms with E-state index in [0.29, 0.717) is 11.0 Å². The second kappa shape index (κ2) is 4.89. The van der Waals surface area contributed by atoms with Gasteiger partial charge in [-0.1, -0.05) is 23.9 Å². The van der Waals surface area contributed by atoms with Crippen molar-refractivity contribution in [2.75, 3.05) is 12.4 Å². The Morgan fingerprint density at radius 3 is 2.89 bits per heavy atom. The molecular weight excluding hydrogens is 254 g/mol. The number of nitrogens with zero attached hydrogens (tertiary/aromatic N) is 1. The predicted molar refractivity (Wildman–Crippen MR) is 66.5 cm³/mol. The van der Waals surface area contributed by atoms with E-state index < -0.39 is 12.2 Å². The normalized spacial score (nSPS) is 28.0. The molecule has 1 aromatic carbocycles. The minimum Gasteiger partial charge on any atom is -0.431 e. The van der Waals surface area contributed by atoms with E-state index in [1.54, 1.807) is 0 Å². The first-order chi connectivity index (χ1) is 8.74. The van der Waals surface area contributed by atoms with Crippen molar-refractivity contribution in [2.45, 2.75) is 23.5 Å². The maximum Gasteiger partial charge on any atom is 0.256 e. The summed E-state index contributed by atoms with van der Waals surface area (Å²) in [5.74, 6) is 0.505. The van der Waals surface area contributed by atoms with Crippen LogP contribution in [0.1, 0.15) is 0 Å². The van der Waals surface area contributed by atoms with Crippen LogP contribution in [-0.2, 0) is 4.74 Å². The Balaban J connectivity index is 1.66. The van der Waals surface area contributed by atoms with Crippen LogP contribution in [0.5, 0.6) is 0 Å². The Morgan fingerprint density at radius 2 is 2.17 bits per heavy atom. The number of thioether (sulfide) groups is 1. The van der Waals surface area contributed by atoms with E-state index in [1.165, 1.54) is 11.8 Å². The quantitative estimate of drug-likeness (QED) is 0.809. The van der Waals surface area contributed by atoms with Crippen molar-refractivity contribution in [1.29, 1.82) is 0 Å². The molecule has 3 unspecified atom stereocenters. The van der Waals surface area contributed by atoms with E-state index in [1.807, 2.05) is 24.3 Å². The SMILES string of the molecule is OC1COC(CSc2nc3ccccc3o2)C1O. The van der Waals surface area contributed by atoms with Crippen LogP contribution >= 0.6 is 11.8 Å². The highest BCUT2D eigenvalue weighted by Gasteiger charge is 2.34. The van der Waals surface area contributed by atoms with E-state index in [4.69, 9.17) is 9.15 Å². The number of hydrogen-bond acceptors (Lipinski definition) is 6. The van der Waals surface area contributed by atoms with Gasteiger partial charge in [-0.3, -0.25) is 0 Å². The molecule has 0 radical (unpaired) electrons. The van der Waals surface area contributed by atoms with Crippen LogP contribution in [0.4, 0.5) is 0 Å². The average molecular weight is 267 g/mol. The zero-order chi connectivity index (χ0) is 12.5. The third-order valence-electron chi connectivity index (χ3n) is 2.90. The molecular formula is C12H13NO4S. The first-order valence-corrected chi connectivity index (χ1v) is 6.69. The topological polar surface area (TPSA) is 75.7 Å². The summed E-state index contributed by atoms with van der Waals surface area (Å²) < 4.78 is 10.8. The van der Waals surface area contributed by atoms with Gasteiger partial charge in [0.05, 0.1) is 12.7 Å². The van der Waals surface area contributed by atoms with Crippen LogP contribution in [0.3, 0.4) is 0 Å². The minimum atomic E-state index is -0.832. The number of para-hydroxylation sites is 2. The summed E-state index contributed by atoms with van der Waals surface area (Å²) in [6.07, 6.45) is -2.00. The summed E-state index contributed by atoms with van der Waals surface area (Å²) in [6, 6.07) is 7.53. The number of aliphatic hydroxyl groups is 2. The predicted octanol–water partition coefficient (Wildman–Crippen LogP) is 1.04. The number of fused-ring (bicyclic) bond motifs is 1. The molecule has 1 fully saturated rings. The molecule has 96 valence electrons. The Labute approximate surface area is 108 Å². The number of rotatable bonds is 3. The van der Waals surface area contributed by atoms with Gasteiger partial charge in [-0.15, -0.1) is 0 Å². The number of hydrogen-bond donors (Lipinski definition) is 2. The number of oxazole rings is 1. The second-order valence-electron chi connectivity index (χ2n) is 4.19. The smallest absolute Gasteiger partial charge is 0.256 e. The standard InChI is InChI=1S/C12H13NO4S/c14-8-5-16-10(11(8)15)6-18-12-13-7-3-1-2-4-9(7)17-12/h1-4,8,10-11,14-15H,5-6H2. The van der Waals surface area contributed by atoms with Gasteiger partial charge >= 0.3 is 0 Å². The second-order valence-corrected chi connectivity index (χ2v) is 5.16. The van der Waals surface area contributed by atoms with E-state index in [9.17, 15) is 10.2 Å². The molecule has 2 N–H and O–H groups in total. The first kappa shape index (κ1) is 12.0. The van der Waals surface area contributed by atoms with Gasteiger partial charge < -0.3 is 19.4 Å². The zero-order valence-electron chi connectivity index (χ0n) is 9.52. The molecule has 6 heteroatoms. The molecule has 2 aromatic rings. The molecule has 1 aliphatic heterocycles. The van der Waals surface area contributed by atoms with Crippen LogP contribution in [0.15, 0.2) is 33.9 Å². The molecule has 3 atom stereocenters. The number of aromatic nitrogens is 1. The van der Waals surface area contributed by atoms with Gasteiger partial charge in [0.1, 0.15) is 17.7 Å². The zero-order valence-corrected chi connectivity index (χ0v) is 10.3. The third-order valence-corrected chi connectivity index (χ3v) is 3.82. The van der Waals surface area contributed by atoms with Crippen LogP contribution in [0.2, 0.25) is 0 Å². The maximum absolute atomic E-state index is 9.64. The molecule has 18 heavy (non-hydrogen) atoms. The van der Waals surface area contributed by atoms with E-state index in [-0.39, 0.29) is 12.7 Å². The highest BCUT2D eigenvalue weighted by molar-refractivity contribution is 7.99. The molecule has 0 aliphatic carbocycles. The third kappa shape index (κ3) is 2.24. The van der Waals surface area contributed by atoms with Crippen LogP contribution in [0, 0.1) is 0 Å². The van der Waals surface area contributed by atoms with Crippen molar-refractivity contribution in [1.82, 2.24) is 4.98 Å². The van der Waals surface area contributed by atoms with E-state index >= 15 is 0 Å². The molecule has 1 saturated heterocycles. The van der Waals surface area contributed by atoms with Crippen LogP contribution in [-0.4, -0.2) is 45.9 Å². The average Bonchev–Trinajstić information content (AvgIpc) is 2.92. The Kier molecular flexibility index (Phi) is 3.25. The van der Waals surface area contributed by atoms with Crippen molar-refractivity contribution in [2.24, 2.45) is 0 Å². The lowest BCUT2D eigenvalue weighted by atomic mass is 10.2. The highest BCUT2D eigenvalue weighted by atomic mass is 32.2. The molecule has 0 saturated carbocycles. The Morgan fingerprint density at radius 1 is 1.33 bits per heavy atom. The fraction of sp³-hybridized carbons (Fsp3) is 0.417. The minimum absolute atomic E-state index is 0.181. The van der Waals surface area contributed by atoms with Crippen molar-refractivity contribution in [3.63, 3.8) is 0 Å². The van der Waals surface area contributed by atoms with Crippen LogP contribution < -0.4 is 0 Å². The van der Waals surface area contributed by atoms with Gasteiger partial charge in [-0.25, -0.2) is 4.98 Å². The Bertz CT molecular complexity index is 511.